The maximum absolute atomic E-state index is 13.6. The first-order chi connectivity index (χ1) is 20.7. The zero-order valence-electron chi connectivity index (χ0n) is 23.7. The minimum absolute atomic E-state index is 0.0516. The second-order valence-electron chi connectivity index (χ2n) is 10.0. The average Bonchev–Trinajstić information content (AvgIpc) is 3.55. The highest BCUT2D eigenvalue weighted by Crippen LogP contribution is 2.31. The molecule has 1 aliphatic heterocycles. The van der Waals surface area contributed by atoms with Crippen molar-refractivity contribution in [3.05, 3.63) is 65.5 Å². The summed E-state index contributed by atoms with van der Waals surface area (Å²) in [6.45, 7) is 1.20. The van der Waals surface area contributed by atoms with Crippen LogP contribution in [0.4, 0.5) is 13.2 Å². The van der Waals surface area contributed by atoms with Crippen LogP contribution in [0, 0.1) is 0 Å². The number of hydrogen-bond acceptors (Lipinski definition) is 9. The van der Waals surface area contributed by atoms with Gasteiger partial charge in [-0.25, -0.2) is 13.4 Å². The van der Waals surface area contributed by atoms with Gasteiger partial charge in [0, 0.05) is 40.0 Å². The Labute approximate surface area is 250 Å². The van der Waals surface area contributed by atoms with Crippen LogP contribution in [0.1, 0.15) is 30.8 Å². The third-order valence-electron chi connectivity index (χ3n) is 6.76. The molecule has 4 rings (SSSR count). The van der Waals surface area contributed by atoms with Gasteiger partial charge in [-0.05, 0) is 23.3 Å². The summed E-state index contributed by atoms with van der Waals surface area (Å²) in [4.78, 5) is 55.1. The van der Waals surface area contributed by atoms with Crippen LogP contribution in [0.3, 0.4) is 0 Å². The van der Waals surface area contributed by atoms with Gasteiger partial charge in [-0.1, -0.05) is 36.4 Å². The number of esters is 2. The highest BCUT2D eigenvalue weighted by atomic mass is 32.2. The number of sulfone groups is 1. The summed E-state index contributed by atoms with van der Waals surface area (Å²) in [5.41, 5.74) is 1.84. The van der Waals surface area contributed by atoms with Crippen LogP contribution in [-0.4, -0.2) is 76.9 Å². The number of rotatable bonds is 11. The van der Waals surface area contributed by atoms with Crippen LogP contribution in [-0.2, 0) is 64.3 Å². The molecule has 0 fully saturated rings. The molecule has 0 saturated heterocycles. The normalized spacial score (nSPS) is 14.5. The number of halogens is 3. The summed E-state index contributed by atoms with van der Waals surface area (Å²) in [5.74, 6) is -6.45. The summed E-state index contributed by atoms with van der Waals surface area (Å²) in [7, 11) is -4.03. The number of fused-ring (bicyclic) bond motifs is 2. The van der Waals surface area contributed by atoms with Gasteiger partial charge < -0.3 is 24.3 Å². The lowest BCUT2D eigenvalue weighted by molar-refractivity contribution is -0.178. The Balaban J connectivity index is 1.43. The van der Waals surface area contributed by atoms with Crippen LogP contribution in [0.15, 0.2) is 48.5 Å². The van der Waals surface area contributed by atoms with Gasteiger partial charge in [0.1, 0.15) is 0 Å². The number of para-hydroxylation sites is 2. The van der Waals surface area contributed by atoms with E-state index >= 15 is 0 Å². The fourth-order valence-corrected chi connectivity index (χ4v) is 5.88. The highest BCUT2D eigenvalue weighted by molar-refractivity contribution is 7.91. The Kier molecular flexibility index (Phi) is 9.61. The number of imidazole rings is 1. The van der Waals surface area contributed by atoms with E-state index in [4.69, 9.17) is 9.47 Å². The molecule has 0 unspecified atom stereocenters. The lowest BCUT2D eigenvalue weighted by atomic mass is 10.1. The number of nitrogens with one attached hydrogen (secondary N) is 1. The van der Waals surface area contributed by atoms with Gasteiger partial charge in [0.25, 0.3) is 11.8 Å². The predicted molar refractivity (Wildman–Crippen MR) is 148 cm³/mol. The number of benzene rings is 2. The number of nitrogens with zero attached hydrogens (tertiary/aromatic N) is 3. The number of carbonyl (C=O) groups excluding carboxylic acids is 4. The molecule has 0 bridgehead atoms. The van der Waals surface area contributed by atoms with Gasteiger partial charge in [0.15, 0.2) is 9.84 Å². The molecule has 2 heterocycles. The summed E-state index contributed by atoms with van der Waals surface area (Å²) in [6.07, 6.45) is -8.63. The van der Waals surface area contributed by atoms with Crippen molar-refractivity contribution < 1.29 is 50.2 Å². The molecule has 1 aromatic heterocycles. The molecule has 44 heavy (non-hydrogen) atoms. The number of carbonyl (C=O) groups is 4. The topological polar surface area (TPSA) is 154 Å². The molecule has 2 atom stereocenters. The van der Waals surface area contributed by atoms with Crippen LogP contribution in [0.5, 0.6) is 0 Å². The first-order valence-corrected chi connectivity index (χ1v) is 15.2. The molecule has 16 heteroatoms. The maximum Gasteiger partial charge on any atom is 0.449 e. The van der Waals surface area contributed by atoms with E-state index in [2.05, 4.69) is 10.3 Å². The highest BCUT2D eigenvalue weighted by Gasteiger charge is 2.43. The quantitative estimate of drug-likeness (QED) is 0.311. The smallest absolute Gasteiger partial charge is 0.448 e. The molecule has 236 valence electrons. The largest absolute Gasteiger partial charge is 0.449 e. The van der Waals surface area contributed by atoms with E-state index in [0.29, 0.717) is 0 Å². The van der Waals surface area contributed by atoms with Crippen LogP contribution in [0.2, 0.25) is 0 Å². The molecule has 0 spiro atoms. The lowest BCUT2D eigenvalue weighted by Gasteiger charge is -2.28. The number of aromatic nitrogens is 2. The standard InChI is InChI=1S/C28H29F3N4O8S/c1-17(36)42-23(24(43-18(2)37)26(39)34-15-19-7-3-4-8-20(19)16-34)25(38)32-11-13-44(40,41)14-12-35-22-10-6-5-9-21(22)33-27(35)28(29,30)31/h3-10,23-24H,11-16H2,1-2H3,(H,32,38)/t23-,24-/m1/s1. The van der Waals surface area contributed by atoms with Crippen molar-refractivity contribution in [3.8, 4) is 0 Å². The second-order valence-corrected chi connectivity index (χ2v) is 12.3. The predicted octanol–water partition coefficient (Wildman–Crippen LogP) is 1.99. The van der Waals surface area contributed by atoms with Crippen molar-refractivity contribution in [2.45, 2.75) is 51.9 Å². The first-order valence-electron chi connectivity index (χ1n) is 13.4. The van der Waals surface area contributed by atoms with Crippen molar-refractivity contribution in [2.75, 3.05) is 18.1 Å². The number of alkyl halides is 3. The van der Waals surface area contributed by atoms with Crippen molar-refractivity contribution >= 4 is 44.6 Å². The van der Waals surface area contributed by atoms with Gasteiger partial charge in [0.05, 0.1) is 22.5 Å². The molecule has 2 aromatic carbocycles. The van der Waals surface area contributed by atoms with E-state index in [1.165, 1.54) is 29.2 Å². The van der Waals surface area contributed by atoms with Crippen molar-refractivity contribution in [1.82, 2.24) is 19.8 Å². The fourth-order valence-electron chi connectivity index (χ4n) is 4.80. The molecule has 1 N–H and O–H groups in total. The van der Waals surface area contributed by atoms with Crippen molar-refractivity contribution in [1.29, 1.82) is 0 Å². The molecule has 0 radical (unpaired) electrons. The Morgan fingerprint density at radius 3 is 2.07 bits per heavy atom. The summed E-state index contributed by atoms with van der Waals surface area (Å²) < 4.78 is 77.1. The van der Waals surface area contributed by atoms with Gasteiger partial charge >= 0.3 is 18.1 Å². The SMILES string of the molecule is CC(=O)O[C@@H](C(=O)NCCS(=O)(=O)CCn1c(C(F)(F)F)nc2ccccc21)[C@@H](OC(C)=O)C(=O)N1Cc2ccccc2C1. The second kappa shape index (κ2) is 13.0. The van der Waals surface area contributed by atoms with Gasteiger partial charge in [-0.3, -0.25) is 19.2 Å². The van der Waals surface area contributed by atoms with E-state index in [9.17, 15) is 40.8 Å². The van der Waals surface area contributed by atoms with E-state index in [-0.39, 0.29) is 24.1 Å². The van der Waals surface area contributed by atoms with Gasteiger partial charge in [-0.15, -0.1) is 0 Å². The van der Waals surface area contributed by atoms with E-state index in [1.54, 1.807) is 24.3 Å². The lowest BCUT2D eigenvalue weighted by Crippen LogP contribution is -2.53. The van der Waals surface area contributed by atoms with Crippen LogP contribution >= 0.6 is 0 Å². The third kappa shape index (κ3) is 7.72. The minimum Gasteiger partial charge on any atom is -0.448 e. The maximum atomic E-state index is 13.6. The molecular formula is C28H29F3N4O8S. The van der Waals surface area contributed by atoms with Gasteiger partial charge in [0.2, 0.25) is 18.0 Å². The van der Waals surface area contributed by atoms with Gasteiger partial charge in [-0.2, -0.15) is 13.2 Å². The number of amides is 2. The zero-order chi connectivity index (χ0) is 32.2. The molecule has 3 aromatic rings. The third-order valence-corrected chi connectivity index (χ3v) is 8.39. The monoisotopic (exact) mass is 638 g/mol. The van der Waals surface area contributed by atoms with Crippen molar-refractivity contribution in [3.63, 3.8) is 0 Å². The Bertz CT molecular complexity index is 1660. The fraction of sp³-hybridized carbons (Fsp3) is 0.393. The summed E-state index contributed by atoms with van der Waals surface area (Å²) in [6, 6.07) is 13.0. The summed E-state index contributed by atoms with van der Waals surface area (Å²) >= 11 is 0. The number of ether oxygens (including phenoxy) is 2. The van der Waals surface area contributed by atoms with E-state index in [1.807, 2.05) is 0 Å². The Morgan fingerprint density at radius 1 is 0.909 bits per heavy atom. The summed E-state index contributed by atoms with van der Waals surface area (Å²) in [5, 5.41) is 2.26. The zero-order valence-corrected chi connectivity index (χ0v) is 24.5. The van der Waals surface area contributed by atoms with E-state index < -0.39 is 82.4 Å². The first kappa shape index (κ1) is 32.4. The minimum atomic E-state index is -4.82. The molecule has 2 amide bonds. The van der Waals surface area contributed by atoms with Crippen molar-refractivity contribution in [2.24, 2.45) is 0 Å². The van der Waals surface area contributed by atoms with E-state index in [0.717, 1.165) is 29.5 Å². The Hall–Kier alpha value is -4.47. The van der Waals surface area contributed by atoms with Crippen LogP contribution < -0.4 is 5.32 Å². The molecule has 0 aliphatic carbocycles. The number of aryl methyl sites for hydroxylation is 1. The number of hydrogen-bond donors (Lipinski definition) is 1. The molecule has 12 nitrogen and oxygen atoms in total. The van der Waals surface area contributed by atoms with Crippen LogP contribution in [0.25, 0.3) is 11.0 Å². The Morgan fingerprint density at radius 2 is 1.48 bits per heavy atom. The average molecular weight is 639 g/mol. The molecule has 1 aliphatic rings. The molecular weight excluding hydrogens is 609 g/mol. The molecule has 0 saturated carbocycles.